The van der Waals surface area contributed by atoms with E-state index in [-0.39, 0.29) is 17.7 Å². The van der Waals surface area contributed by atoms with Gasteiger partial charge < -0.3 is 10.6 Å². The van der Waals surface area contributed by atoms with Crippen LogP contribution in [-0.4, -0.2) is 26.4 Å². The molecule has 2 aromatic carbocycles. The Hall–Kier alpha value is -4.00. The summed E-state index contributed by atoms with van der Waals surface area (Å²) in [5, 5.41) is 10.1. The molecule has 0 saturated carbocycles. The third kappa shape index (κ3) is 3.91. The summed E-state index contributed by atoms with van der Waals surface area (Å²) >= 11 is 0. The lowest BCUT2D eigenvalue weighted by atomic mass is 10.1. The van der Waals surface area contributed by atoms with Crippen molar-refractivity contribution in [3.63, 3.8) is 0 Å². The molecule has 150 valence electrons. The molecule has 0 aliphatic rings. The van der Waals surface area contributed by atoms with Gasteiger partial charge in [0.05, 0.1) is 11.9 Å². The number of hydrogen-bond acceptors (Lipinski definition) is 4. The number of aromatic nitrogens is 3. The summed E-state index contributed by atoms with van der Waals surface area (Å²) in [5.41, 5.74) is 3.85. The number of fused-ring (bicyclic) bond motifs is 1. The lowest BCUT2D eigenvalue weighted by Crippen LogP contribution is -2.18. The number of rotatable bonds is 5. The molecular weight excluding hydrogens is 378 g/mol. The Kier molecular flexibility index (Phi) is 5.26. The molecule has 0 aliphatic carbocycles. The maximum Gasteiger partial charge on any atom is 0.261 e. The quantitative estimate of drug-likeness (QED) is 0.525. The van der Waals surface area contributed by atoms with Crippen LogP contribution in [0.3, 0.4) is 0 Å². The van der Waals surface area contributed by atoms with Crippen LogP contribution < -0.4 is 10.6 Å². The zero-order valence-electron chi connectivity index (χ0n) is 16.7. The number of carbonyl (C=O) groups excluding carboxylic acids is 2. The summed E-state index contributed by atoms with van der Waals surface area (Å²) in [6.07, 6.45) is 3.17. The molecule has 4 aromatic rings. The van der Waals surface area contributed by atoms with E-state index >= 15 is 0 Å². The SMILES string of the molecule is CC(C)C(=O)Nc1cccc(NC(=O)c2cnn3c(-c4ccccc4)ccnc23)c1. The Balaban J connectivity index is 1.60. The van der Waals surface area contributed by atoms with E-state index in [0.29, 0.717) is 22.6 Å². The van der Waals surface area contributed by atoms with Crippen molar-refractivity contribution in [2.45, 2.75) is 13.8 Å². The molecule has 2 heterocycles. The van der Waals surface area contributed by atoms with Gasteiger partial charge in [0.2, 0.25) is 5.91 Å². The average molecular weight is 399 g/mol. The number of carbonyl (C=O) groups is 2. The van der Waals surface area contributed by atoms with Gasteiger partial charge in [0.15, 0.2) is 5.65 Å². The molecule has 30 heavy (non-hydrogen) atoms. The summed E-state index contributed by atoms with van der Waals surface area (Å²) < 4.78 is 1.66. The van der Waals surface area contributed by atoms with Crippen molar-refractivity contribution < 1.29 is 9.59 Å². The first-order valence-electron chi connectivity index (χ1n) is 9.63. The number of nitrogens with one attached hydrogen (secondary N) is 2. The smallest absolute Gasteiger partial charge is 0.261 e. The van der Waals surface area contributed by atoms with Gasteiger partial charge in [-0.05, 0) is 24.3 Å². The van der Waals surface area contributed by atoms with Gasteiger partial charge in [0.1, 0.15) is 5.56 Å². The summed E-state index contributed by atoms with van der Waals surface area (Å²) in [6.45, 7) is 3.64. The van der Waals surface area contributed by atoms with Gasteiger partial charge in [-0.3, -0.25) is 9.59 Å². The Labute approximate surface area is 173 Å². The first kappa shape index (κ1) is 19.3. The molecule has 2 N–H and O–H groups in total. The van der Waals surface area contributed by atoms with Crippen LogP contribution in [0, 0.1) is 5.92 Å². The zero-order valence-corrected chi connectivity index (χ0v) is 16.7. The van der Waals surface area contributed by atoms with Crippen molar-refractivity contribution in [2.24, 2.45) is 5.92 Å². The molecule has 2 aromatic heterocycles. The Morgan fingerprint density at radius 2 is 1.67 bits per heavy atom. The number of anilines is 2. The minimum atomic E-state index is -0.324. The molecule has 2 amide bonds. The second kappa shape index (κ2) is 8.16. The molecule has 0 saturated heterocycles. The summed E-state index contributed by atoms with van der Waals surface area (Å²) in [5.74, 6) is -0.541. The summed E-state index contributed by atoms with van der Waals surface area (Å²) in [6, 6.07) is 18.7. The second-order valence-corrected chi connectivity index (χ2v) is 7.17. The van der Waals surface area contributed by atoms with Gasteiger partial charge in [-0.25, -0.2) is 9.50 Å². The van der Waals surface area contributed by atoms with Gasteiger partial charge in [0, 0.05) is 29.1 Å². The van der Waals surface area contributed by atoms with Crippen LogP contribution >= 0.6 is 0 Å². The van der Waals surface area contributed by atoms with Crippen LogP contribution in [0.5, 0.6) is 0 Å². The largest absolute Gasteiger partial charge is 0.326 e. The van der Waals surface area contributed by atoms with E-state index in [2.05, 4.69) is 20.7 Å². The summed E-state index contributed by atoms with van der Waals surface area (Å²) in [7, 11) is 0. The van der Waals surface area contributed by atoms with Crippen molar-refractivity contribution in [1.29, 1.82) is 0 Å². The molecule has 4 rings (SSSR count). The normalized spacial score (nSPS) is 10.9. The Morgan fingerprint density at radius 3 is 2.40 bits per heavy atom. The van der Waals surface area contributed by atoms with Crippen LogP contribution in [0.4, 0.5) is 11.4 Å². The highest BCUT2D eigenvalue weighted by molar-refractivity contribution is 6.08. The predicted molar refractivity (Wildman–Crippen MR) is 116 cm³/mol. The highest BCUT2D eigenvalue weighted by Crippen LogP contribution is 2.22. The predicted octanol–water partition coefficient (Wildman–Crippen LogP) is 4.24. The fraction of sp³-hybridized carbons (Fsp3) is 0.130. The molecule has 0 atom stereocenters. The minimum absolute atomic E-state index is 0.0845. The standard InChI is InChI=1S/C23H21N5O2/c1-15(2)22(29)26-17-9-6-10-18(13-17)27-23(30)19-14-25-28-20(11-12-24-21(19)28)16-7-4-3-5-8-16/h3-15H,1-2H3,(H,26,29)(H,27,30). The minimum Gasteiger partial charge on any atom is -0.326 e. The number of amides is 2. The molecule has 0 bridgehead atoms. The maximum absolute atomic E-state index is 12.9. The van der Waals surface area contributed by atoms with Crippen molar-refractivity contribution in [3.05, 3.63) is 78.6 Å². The third-order valence-electron chi connectivity index (χ3n) is 4.63. The molecule has 0 spiro atoms. The van der Waals surface area contributed by atoms with E-state index in [1.807, 2.05) is 50.2 Å². The topological polar surface area (TPSA) is 88.4 Å². The Morgan fingerprint density at radius 1 is 0.933 bits per heavy atom. The lowest BCUT2D eigenvalue weighted by molar-refractivity contribution is -0.118. The van der Waals surface area contributed by atoms with Crippen molar-refractivity contribution >= 4 is 28.8 Å². The van der Waals surface area contributed by atoms with Gasteiger partial charge in [-0.2, -0.15) is 5.10 Å². The third-order valence-corrected chi connectivity index (χ3v) is 4.63. The maximum atomic E-state index is 12.9. The molecule has 0 fully saturated rings. The van der Waals surface area contributed by atoms with E-state index in [4.69, 9.17) is 0 Å². The molecular formula is C23H21N5O2. The zero-order chi connectivity index (χ0) is 21.1. The Bertz CT molecular complexity index is 1210. The lowest BCUT2D eigenvalue weighted by Gasteiger charge is -2.10. The van der Waals surface area contributed by atoms with Crippen molar-refractivity contribution in [1.82, 2.24) is 14.6 Å². The summed E-state index contributed by atoms with van der Waals surface area (Å²) in [4.78, 5) is 29.1. The van der Waals surface area contributed by atoms with Crippen LogP contribution in [0.15, 0.2) is 73.1 Å². The van der Waals surface area contributed by atoms with Gasteiger partial charge in [0.25, 0.3) is 5.91 Å². The monoisotopic (exact) mass is 399 g/mol. The van der Waals surface area contributed by atoms with Gasteiger partial charge in [-0.1, -0.05) is 50.2 Å². The van der Waals surface area contributed by atoms with E-state index in [9.17, 15) is 9.59 Å². The second-order valence-electron chi connectivity index (χ2n) is 7.17. The fourth-order valence-corrected chi connectivity index (χ4v) is 3.04. The number of nitrogens with zero attached hydrogens (tertiary/aromatic N) is 3. The molecule has 0 aliphatic heterocycles. The van der Waals surface area contributed by atoms with E-state index in [1.165, 1.54) is 6.20 Å². The van der Waals surface area contributed by atoms with E-state index in [1.54, 1.807) is 35.0 Å². The van der Waals surface area contributed by atoms with Crippen molar-refractivity contribution in [3.8, 4) is 11.3 Å². The van der Waals surface area contributed by atoms with E-state index < -0.39 is 0 Å². The highest BCUT2D eigenvalue weighted by atomic mass is 16.2. The average Bonchev–Trinajstić information content (AvgIpc) is 3.19. The fourth-order valence-electron chi connectivity index (χ4n) is 3.04. The van der Waals surface area contributed by atoms with Crippen LogP contribution in [0.2, 0.25) is 0 Å². The first-order chi connectivity index (χ1) is 14.5. The van der Waals surface area contributed by atoms with Crippen LogP contribution in [0.25, 0.3) is 16.9 Å². The molecule has 7 heteroatoms. The van der Waals surface area contributed by atoms with Crippen molar-refractivity contribution in [2.75, 3.05) is 10.6 Å². The molecule has 0 unspecified atom stereocenters. The van der Waals surface area contributed by atoms with Crippen LogP contribution in [0.1, 0.15) is 24.2 Å². The van der Waals surface area contributed by atoms with Gasteiger partial charge in [-0.15, -0.1) is 0 Å². The molecule has 7 nitrogen and oxygen atoms in total. The molecule has 0 radical (unpaired) electrons. The first-order valence-corrected chi connectivity index (χ1v) is 9.63. The number of hydrogen-bond donors (Lipinski definition) is 2. The highest BCUT2D eigenvalue weighted by Gasteiger charge is 2.17. The van der Waals surface area contributed by atoms with E-state index in [0.717, 1.165) is 11.3 Å². The van der Waals surface area contributed by atoms with Crippen LogP contribution in [-0.2, 0) is 4.79 Å². The van der Waals surface area contributed by atoms with Gasteiger partial charge >= 0.3 is 0 Å². The number of benzene rings is 2.